The lowest BCUT2D eigenvalue weighted by Gasteiger charge is -2.26. The van der Waals surface area contributed by atoms with Crippen LogP contribution in [-0.4, -0.2) is 50.8 Å². The highest BCUT2D eigenvalue weighted by Crippen LogP contribution is 2.05. The normalized spacial score (nSPS) is 12.0. The minimum Gasteiger partial charge on any atom is -0.383 e. The van der Waals surface area contributed by atoms with Crippen LogP contribution in [0.2, 0.25) is 0 Å². The van der Waals surface area contributed by atoms with Crippen molar-refractivity contribution < 1.29 is 4.74 Å². The third-order valence-electron chi connectivity index (χ3n) is 3.41. The Kier molecular flexibility index (Phi) is 12.8. The minimum absolute atomic E-state index is 0.628. The molecule has 0 amide bonds. The molecule has 0 aliphatic rings. The Balaban J connectivity index is 3.39. The number of methoxy groups -OCH3 is 1. The number of hydrogen-bond acceptors (Lipinski definition) is 3. The fraction of sp³-hybridized carbons (Fsp3) is 1.00. The Labute approximate surface area is 121 Å². The molecule has 3 heteroatoms. The molecule has 0 spiro atoms. The van der Waals surface area contributed by atoms with Crippen LogP contribution in [-0.2, 0) is 4.74 Å². The number of nitrogens with one attached hydrogen (secondary N) is 1. The number of nitrogens with zero attached hydrogens (tertiary/aromatic N) is 1. The average Bonchev–Trinajstić information content (AvgIpc) is 2.35. The van der Waals surface area contributed by atoms with Gasteiger partial charge in [0, 0.05) is 19.7 Å². The molecule has 0 fully saturated rings. The van der Waals surface area contributed by atoms with E-state index in [4.69, 9.17) is 4.74 Å². The maximum Gasteiger partial charge on any atom is 0.0589 e. The van der Waals surface area contributed by atoms with Gasteiger partial charge in [-0.25, -0.2) is 0 Å². The zero-order valence-electron chi connectivity index (χ0n) is 13.9. The summed E-state index contributed by atoms with van der Waals surface area (Å²) in [5, 5.41) is 3.50. The highest BCUT2D eigenvalue weighted by molar-refractivity contribution is 4.62. The first kappa shape index (κ1) is 18.9. The Morgan fingerprint density at radius 1 is 0.947 bits per heavy atom. The molecule has 1 N–H and O–H groups in total. The van der Waals surface area contributed by atoms with Gasteiger partial charge in [-0.05, 0) is 52.2 Å². The molecule has 0 aromatic heterocycles. The molecule has 0 heterocycles. The van der Waals surface area contributed by atoms with Gasteiger partial charge in [-0.3, -0.25) is 4.90 Å². The van der Waals surface area contributed by atoms with Gasteiger partial charge >= 0.3 is 0 Å². The van der Waals surface area contributed by atoms with Crippen LogP contribution < -0.4 is 5.32 Å². The van der Waals surface area contributed by atoms with Gasteiger partial charge in [0.05, 0.1) is 6.61 Å². The van der Waals surface area contributed by atoms with E-state index in [1.807, 2.05) is 0 Å². The molecular formula is C16H36N2O. The van der Waals surface area contributed by atoms with E-state index in [-0.39, 0.29) is 0 Å². The van der Waals surface area contributed by atoms with Crippen LogP contribution in [0.4, 0.5) is 0 Å². The van der Waals surface area contributed by atoms with E-state index in [0.717, 1.165) is 25.6 Å². The van der Waals surface area contributed by atoms with E-state index in [9.17, 15) is 0 Å². The highest BCUT2D eigenvalue weighted by atomic mass is 16.5. The third-order valence-corrected chi connectivity index (χ3v) is 3.41. The Bertz CT molecular complexity index is 184. The van der Waals surface area contributed by atoms with Crippen molar-refractivity contribution in [2.45, 2.75) is 59.4 Å². The van der Waals surface area contributed by atoms with Crippen molar-refractivity contribution in [3.63, 3.8) is 0 Å². The van der Waals surface area contributed by atoms with Crippen LogP contribution in [0.5, 0.6) is 0 Å². The molecule has 0 bridgehead atoms. The number of ether oxygens (including phenoxy) is 1. The summed E-state index contributed by atoms with van der Waals surface area (Å²) in [6.45, 7) is 14.5. The molecule has 0 unspecified atom stereocenters. The summed E-state index contributed by atoms with van der Waals surface area (Å²) in [7, 11) is 1.78. The molecule has 0 saturated heterocycles. The van der Waals surface area contributed by atoms with Crippen LogP contribution in [0.1, 0.15) is 53.4 Å². The molecule has 0 aromatic carbocycles. The Hall–Kier alpha value is -0.120. The zero-order chi connectivity index (χ0) is 14.5. The van der Waals surface area contributed by atoms with E-state index in [0.29, 0.717) is 6.04 Å². The third kappa shape index (κ3) is 12.6. The molecule has 0 aliphatic heterocycles. The largest absolute Gasteiger partial charge is 0.383 e. The van der Waals surface area contributed by atoms with Crippen molar-refractivity contribution in [1.29, 1.82) is 0 Å². The summed E-state index contributed by atoms with van der Waals surface area (Å²) in [4.78, 5) is 2.51. The van der Waals surface area contributed by atoms with Gasteiger partial charge in [0.1, 0.15) is 0 Å². The van der Waals surface area contributed by atoms with Crippen molar-refractivity contribution in [3.05, 3.63) is 0 Å². The van der Waals surface area contributed by atoms with Crippen LogP contribution >= 0.6 is 0 Å². The predicted octanol–water partition coefficient (Wildman–Crippen LogP) is 3.15. The lowest BCUT2D eigenvalue weighted by molar-refractivity contribution is 0.128. The second-order valence-electron chi connectivity index (χ2n) is 6.13. The average molecular weight is 272 g/mol. The van der Waals surface area contributed by atoms with E-state index in [1.54, 1.807) is 7.11 Å². The summed E-state index contributed by atoms with van der Waals surface area (Å²) in [5.74, 6) is 0.764. The first-order valence-corrected chi connectivity index (χ1v) is 8.01. The summed E-state index contributed by atoms with van der Waals surface area (Å²) in [5.41, 5.74) is 0. The lowest BCUT2D eigenvalue weighted by Crippen LogP contribution is -2.34. The monoisotopic (exact) mass is 272 g/mol. The van der Waals surface area contributed by atoms with Crippen molar-refractivity contribution >= 4 is 0 Å². The smallest absolute Gasteiger partial charge is 0.0589 e. The summed E-state index contributed by atoms with van der Waals surface area (Å²) in [6.07, 6.45) is 5.32. The highest BCUT2D eigenvalue weighted by Gasteiger charge is 2.07. The fourth-order valence-corrected chi connectivity index (χ4v) is 2.15. The molecular weight excluding hydrogens is 236 g/mol. The second-order valence-corrected chi connectivity index (χ2v) is 6.13. The van der Waals surface area contributed by atoms with Gasteiger partial charge in [0.25, 0.3) is 0 Å². The number of rotatable bonds is 13. The van der Waals surface area contributed by atoms with Crippen LogP contribution in [0.25, 0.3) is 0 Å². The summed E-state index contributed by atoms with van der Waals surface area (Å²) >= 11 is 0. The van der Waals surface area contributed by atoms with Gasteiger partial charge in [-0.15, -0.1) is 0 Å². The molecule has 0 aromatic rings. The standard InChI is InChI=1S/C16H36N2O/c1-15(2)14-17-10-8-6-7-9-11-18(16(3)4)12-13-19-5/h15-17H,6-14H2,1-5H3. The molecule has 0 aliphatic carbocycles. The SMILES string of the molecule is COCCN(CCCCCCNCC(C)C)C(C)C. The Morgan fingerprint density at radius 3 is 2.21 bits per heavy atom. The van der Waals surface area contributed by atoms with Crippen molar-refractivity contribution in [3.8, 4) is 0 Å². The maximum atomic E-state index is 5.16. The maximum absolute atomic E-state index is 5.16. The van der Waals surface area contributed by atoms with Crippen LogP contribution in [0, 0.1) is 5.92 Å². The molecule has 116 valence electrons. The van der Waals surface area contributed by atoms with Gasteiger partial charge in [0.2, 0.25) is 0 Å². The number of hydrogen-bond donors (Lipinski definition) is 1. The quantitative estimate of drug-likeness (QED) is 0.521. The van der Waals surface area contributed by atoms with Crippen LogP contribution in [0.15, 0.2) is 0 Å². The van der Waals surface area contributed by atoms with Gasteiger partial charge < -0.3 is 10.1 Å². The predicted molar refractivity (Wildman–Crippen MR) is 84.8 cm³/mol. The van der Waals surface area contributed by atoms with E-state index in [2.05, 4.69) is 37.9 Å². The fourth-order valence-electron chi connectivity index (χ4n) is 2.15. The zero-order valence-corrected chi connectivity index (χ0v) is 13.9. The van der Waals surface area contributed by atoms with Crippen LogP contribution in [0.3, 0.4) is 0 Å². The molecule has 0 atom stereocenters. The van der Waals surface area contributed by atoms with Gasteiger partial charge in [0.15, 0.2) is 0 Å². The molecule has 3 nitrogen and oxygen atoms in total. The van der Waals surface area contributed by atoms with Crippen molar-refractivity contribution in [2.75, 3.05) is 39.9 Å². The van der Waals surface area contributed by atoms with E-state index < -0.39 is 0 Å². The topological polar surface area (TPSA) is 24.5 Å². The Morgan fingerprint density at radius 2 is 1.63 bits per heavy atom. The summed E-state index contributed by atoms with van der Waals surface area (Å²) in [6, 6.07) is 0.628. The van der Waals surface area contributed by atoms with Crippen molar-refractivity contribution in [1.82, 2.24) is 10.2 Å². The molecule has 0 saturated carbocycles. The lowest BCUT2D eigenvalue weighted by atomic mass is 10.1. The van der Waals surface area contributed by atoms with Gasteiger partial charge in [-0.2, -0.15) is 0 Å². The molecule has 0 rings (SSSR count). The second kappa shape index (κ2) is 12.9. The van der Waals surface area contributed by atoms with E-state index >= 15 is 0 Å². The summed E-state index contributed by atoms with van der Waals surface area (Å²) < 4.78 is 5.16. The van der Waals surface area contributed by atoms with E-state index in [1.165, 1.54) is 38.8 Å². The first-order valence-electron chi connectivity index (χ1n) is 8.01. The first-order chi connectivity index (χ1) is 9.07. The molecule has 19 heavy (non-hydrogen) atoms. The minimum atomic E-state index is 0.628. The van der Waals surface area contributed by atoms with Gasteiger partial charge in [-0.1, -0.05) is 26.7 Å². The van der Waals surface area contributed by atoms with Crippen molar-refractivity contribution in [2.24, 2.45) is 5.92 Å². The number of unbranched alkanes of at least 4 members (excludes halogenated alkanes) is 3. The molecule has 0 radical (unpaired) electrons.